The first kappa shape index (κ1) is 37.2. The molecule has 3 saturated heterocycles. The van der Waals surface area contributed by atoms with Crippen molar-refractivity contribution < 1.29 is 17.6 Å². The van der Waals surface area contributed by atoms with Gasteiger partial charge in [-0.2, -0.15) is 9.29 Å². The van der Waals surface area contributed by atoms with Crippen molar-refractivity contribution in [2.45, 2.75) is 87.5 Å². The summed E-state index contributed by atoms with van der Waals surface area (Å²) in [4.78, 5) is 41.8. The number of piperidine rings is 2. The number of hydrogen-bond donors (Lipinski definition) is 2. The number of carbonyl (C=O) groups is 1. The number of sulfonamides is 1. The topological polar surface area (TPSA) is 136 Å². The van der Waals surface area contributed by atoms with Crippen molar-refractivity contribution in [1.29, 1.82) is 0 Å². The van der Waals surface area contributed by atoms with E-state index in [1.165, 1.54) is 6.07 Å². The van der Waals surface area contributed by atoms with Gasteiger partial charge in [0, 0.05) is 100 Å². The van der Waals surface area contributed by atoms with Crippen LogP contribution in [0.5, 0.6) is 0 Å². The molecule has 1 saturated carbocycles. The second kappa shape index (κ2) is 15.5. The van der Waals surface area contributed by atoms with Crippen molar-refractivity contribution >= 4 is 38.6 Å². The fourth-order valence-electron chi connectivity index (χ4n) is 9.39. The van der Waals surface area contributed by atoms with Crippen molar-refractivity contribution in [2.75, 3.05) is 62.6 Å². The Morgan fingerprint density at radius 3 is 2.43 bits per heavy atom. The highest BCUT2D eigenvalue weighted by Gasteiger charge is 2.35. The molecule has 2 aromatic heterocycles. The Hall–Kier alpha value is -4.44. The highest BCUT2D eigenvalue weighted by atomic mass is 32.2. The molecule has 1 amide bonds. The SMILES string of the molecule is O=C1c2cc(F)c(N3CCN(Cc4cccc(S(=O)(=O)N5CCC(Nc6ncc7ccc(=O)n(C8CCCC8)c7n6)CC5)c4)CC3)cc2CN1C1CCCNC1. The highest BCUT2D eigenvalue weighted by molar-refractivity contribution is 7.89. The van der Waals surface area contributed by atoms with E-state index in [2.05, 4.69) is 25.4 Å². The van der Waals surface area contributed by atoms with E-state index in [1.54, 1.807) is 34.8 Å². The number of fused-ring (bicyclic) bond motifs is 2. The number of amides is 1. The van der Waals surface area contributed by atoms with Crippen LogP contribution in [-0.4, -0.2) is 107 Å². The van der Waals surface area contributed by atoms with Crippen molar-refractivity contribution in [1.82, 2.24) is 34.0 Å². The number of nitrogens with one attached hydrogen (secondary N) is 2. The molecule has 56 heavy (non-hydrogen) atoms. The Labute approximate surface area is 326 Å². The van der Waals surface area contributed by atoms with Crippen LogP contribution in [0.25, 0.3) is 11.0 Å². The van der Waals surface area contributed by atoms with Crippen molar-refractivity contribution in [3.05, 3.63) is 87.6 Å². The molecule has 4 aromatic rings. The van der Waals surface area contributed by atoms with Gasteiger partial charge in [0.1, 0.15) is 11.5 Å². The summed E-state index contributed by atoms with van der Waals surface area (Å²) in [6.07, 6.45) is 9.12. The van der Waals surface area contributed by atoms with Crippen molar-refractivity contribution in [2.24, 2.45) is 0 Å². The largest absolute Gasteiger partial charge is 0.367 e. The zero-order valence-corrected chi connectivity index (χ0v) is 32.5. The third-order valence-corrected chi connectivity index (χ3v) is 14.4. The molecular weight excluding hydrogens is 734 g/mol. The average Bonchev–Trinajstić information content (AvgIpc) is 3.86. The van der Waals surface area contributed by atoms with E-state index < -0.39 is 10.0 Å². The lowest BCUT2D eigenvalue weighted by molar-refractivity contribution is 0.0674. The van der Waals surface area contributed by atoms with Gasteiger partial charge in [-0.15, -0.1) is 0 Å². The molecule has 4 fully saturated rings. The van der Waals surface area contributed by atoms with Gasteiger partial charge < -0.3 is 20.4 Å². The smallest absolute Gasteiger partial charge is 0.254 e. The Kier molecular flexibility index (Phi) is 10.3. The predicted octanol–water partition coefficient (Wildman–Crippen LogP) is 4.34. The zero-order valence-electron chi connectivity index (χ0n) is 31.7. The Bertz CT molecular complexity index is 2280. The predicted molar refractivity (Wildman–Crippen MR) is 213 cm³/mol. The summed E-state index contributed by atoms with van der Waals surface area (Å²) in [5.74, 6) is 0.0211. The standard InChI is InChI=1S/C41H50FN9O4S/c42-36-23-35-30(27-50(40(35)53)33-8-4-14-43-25-33)22-37(36)48-19-17-47(18-20-48)26-28-5-3-9-34(21-28)56(54,55)49-15-12-31(13-16-49)45-41-44-24-29-10-11-38(52)51(39(29)46-41)32-6-1-2-7-32/h3,5,9-11,21-24,31-33,43H,1-2,4,6-8,12-20,25-27H2,(H,44,45,46). The first-order valence-electron chi connectivity index (χ1n) is 20.3. The lowest BCUT2D eigenvalue weighted by Gasteiger charge is -2.36. The maximum absolute atomic E-state index is 15.5. The van der Waals surface area contributed by atoms with Gasteiger partial charge in [0.05, 0.1) is 10.6 Å². The minimum Gasteiger partial charge on any atom is -0.367 e. The molecule has 1 atom stereocenters. The number of aromatic nitrogens is 3. The van der Waals surface area contributed by atoms with Gasteiger partial charge in [0.15, 0.2) is 0 Å². The number of nitrogens with zero attached hydrogens (tertiary/aromatic N) is 7. The molecule has 0 bridgehead atoms. The minimum atomic E-state index is -3.70. The Morgan fingerprint density at radius 1 is 0.875 bits per heavy atom. The van der Waals surface area contributed by atoms with Crippen LogP contribution in [0.2, 0.25) is 0 Å². The molecule has 9 rings (SSSR count). The maximum atomic E-state index is 15.5. The summed E-state index contributed by atoms with van der Waals surface area (Å²) in [5.41, 5.74) is 3.44. The third kappa shape index (κ3) is 7.30. The van der Waals surface area contributed by atoms with E-state index in [-0.39, 0.29) is 40.3 Å². The van der Waals surface area contributed by atoms with Crippen LogP contribution in [0.1, 0.15) is 78.9 Å². The van der Waals surface area contributed by atoms with Gasteiger partial charge in [-0.1, -0.05) is 25.0 Å². The lowest BCUT2D eigenvalue weighted by atomic mass is 10.1. The zero-order chi connectivity index (χ0) is 38.4. The molecule has 0 radical (unpaired) electrons. The summed E-state index contributed by atoms with van der Waals surface area (Å²) in [5, 5.41) is 7.62. The van der Waals surface area contributed by atoms with Crippen LogP contribution in [0.15, 0.2) is 64.4 Å². The number of carbonyl (C=O) groups excluding carboxylic acids is 1. The van der Waals surface area contributed by atoms with Crippen LogP contribution in [0.3, 0.4) is 0 Å². The number of halogens is 1. The molecule has 13 nitrogen and oxygen atoms in total. The van der Waals surface area contributed by atoms with Crippen LogP contribution >= 0.6 is 0 Å². The Balaban J connectivity index is 0.795. The molecule has 1 aliphatic carbocycles. The number of piperazine rings is 1. The van der Waals surface area contributed by atoms with Crippen LogP contribution in [0.4, 0.5) is 16.0 Å². The van der Waals surface area contributed by atoms with Crippen molar-refractivity contribution in [3.8, 4) is 0 Å². The minimum absolute atomic E-state index is 0.000771. The van der Waals surface area contributed by atoms with E-state index in [9.17, 15) is 18.0 Å². The summed E-state index contributed by atoms with van der Waals surface area (Å²) in [6.45, 7) is 6.26. The average molecular weight is 784 g/mol. The van der Waals surface area contributed by atoms with Gasteiger partial charge >= 0.3 is 0 Å². The molecule has 15 heteroatoms. The number of hydrogen-bond acceptors (Lipinski definition) is 10. The van der Waals surface area contributed by atoms with E-state index in [0.717, 1.165) is 68.1 Å². The Morgan fingerprint density at radius 2 is 1.66 bits per heavy atom. The van der Waals surface area contributed by atoms with Crippen LogP contribution in [0, 0.1) is 5.82 Å². The van der Waals surface area contributed by atoms with E-state index >= 15 is 4.39 Å². The lowest BCUT2D eigenvalue weighted by Crippen LogP contribution is -2.46. The molecule has 2 aromatic carbocycles. The van der Waals surface area contributed by atoms with Gasteiger partial charge in [-0.25, -0.2) is 17.8 Å². The molecule has 0 spiro atoms. The van der Waals surface area contributed by atoms with Gasteiger partial charge in [0.25, 0.3) is 11.5 Å². The van der Waals surface area contributed by atoms with E-state index in [1.807, 2.05) is 27.7 Å². The van der Waals surface area contributed by atoms with Gasteiger partial charge in [-0.05, 0) is 86.5 Å². The fourth-order valence-corrected chi connectivity index (χ4v) is 10.9. The quantitative estimate of drug-likeness (QED) is 0.253. The second-order valence-corrected chi connectivity index (χ2v) is 18.0. The first-order chi connectivity index (χ1) is 27.2. The van der Waals surface area contributed by atoms with E-state index in [4.69, 9.17) is 4.98 Å². The van der Waals surface area contributed by atoms with Crippen LogP contribution < -0.4 is 21.1 Å². The molecule has 5 aliphatic rings. The molecule has 4 aliphatic heterocycles. The number of anilines is 2. The molecule has 1 unspecified atom stereocenters. The molecule has 2 N–H and O–H groups in total. The molecular formula is C41H50FN9O4S. The summed E-state index contributed by atoms with van der Waals surface area (Å²) in [6, 6.07) is 14.2. The van der Waals surface area contributed by atoms with Crippen molar-refractivity contribution in [3.63, 3.8) is 0 Å². The monoisotopic (exact) mass is 783 g/mol. The van der Waals surface area contributed by atoms with Crippen LogP contribution in [-0.2, 0) is 23.1 Å². The maximum Gasteiger partial charge on any atom is 0.254 e. The van der Waals surface area contributed by atoms with Gasteiger partial charge in [0.2, 0.25) is 16.0 Å². The number of pyridine rings is 1. The third-order valence-electron chi connectivity index (χ3n) is 12.5. The highest BCUT2D eigenvalue weighted by Crippen LogP contribution is 2.34. The second-order valence-electron chi connectivity index (χ2n) is 16.1. The summed E-state index contributed by atoms with van der Waals surface area (Å²) in [7, 11) is -3.70. The van der Waals surface area contributed by atoms with Gasteiger partial charge in [-0.3, -0.25) is 19.1 Å². The molecule has 6 heterocycles. The summed E-state index contributed by atoms with van der Waals surface area (Å²) >= 11 is 0. The first-order valence-corrected chi connectivity index (χ1v) is 21.7. The number of rotatable bonds is 9. The molecule has 296 valence electrons. The summed E-state index contributed by atoms with van der Waals surface area (Å²) < 4.78 is 46.5. The normalized spacial score (nSPS) is 21.9. The van der Waals surface area contributed by atoms with E-state index in [0.29, 0.717) is 88.0 Å². The fraction of sp³-hybridized carbons (Fsp3) is 0.512. The number of benzene rings is 2.